The lowest BCUT2D eigenvalue weighted by molar-refractivity contribution is -0.118. The van der Waals surface area contributed by atoms with Crippen molar-refractivity contribution in [3.8, 4) is 5.75 Å². The van der Waals surface area contributed by atoms with Crippen molar-refractivity contribution in [2.45, 2.75) is 35.5 Å². The summed E-state index contributed by atoms with van der Waals surface area (Å²) in [5, 5.41) is 3.18. The number of fused-ring (bicyclic) bond motifs is 1. The molecule has 0 aliphatic heterocycles. The second-order valence-corrected chi connectivity index (χ2v) is 9.83. The molecule has 7 heteroatoms. The van der Waals surface area contributed by atoms with Crippen molar-refractivity contribution in [3.63, 3.8) is 0 Å². The molecular formula is C22H21NO4S2. The molecule has 5 nitrogen and oxygen atoms in total. The number of nitrogens with one attached hydrogen (secondary N) is 1. The summed E-state index contributed by atoms with van der Waals surface area (Å²) in [6, 6.07) is 17.4. The molecule has 0 spiro atoms. The van der Waals surface area contributed by atoms with E-state index in [2.05, 4.69) is 5.32 Å². The summed E-state index contributed by atoms with van der Waals surface area (Å²) in [6.07, 6.45) is 3.53. The first kappa shape index (κ1) is 19.7. The van der Waals surface area contributed by atoms with Crippen LogP contribution < -0.4 is 10.1 Å². The van der Waals surface area contributed by atoms with Crippen molar-refractivity contribution in [1.82, 2.24) is 0 Å². The molecule has 0 bridgehead atoms. The van der Waals surface area contributed by atoms with Crippen LogP contribution in [0.4, 0.5) is 5.00 Å². The standard InChI is InChI=1S/C22H21NO4S2/c24-20(15-27-16-9-3-1-4-10-16)23-22-21(18-13-7-8-14-19(18)28-22)29(25,26)17-11-5-2-6-12-17/h1-6,9-12H,7-8,13-15H2,(H,23,24). The van der Waals surface area contributed by atoms with Crippen LogP contribution in [0.1, 0.15) is 23.3 Å². The molecule has 0 atom stereocenters. The zero-order valence-corrected chi connectivity index (χ0v) is 17.4. The fraction of sp³-hybridized carbons (Fsp3) is 0.227. The number of hydrogen-bond acceptors (Lipinski definition) is 5. The van der Waals surface area contributed by atoms with Crippen molar-refractivity contribution in [2.24, 2.45) is 0 Å². The van der Waals surface area contributed by atoms with Crippen molar-refractivity contribution in [1.29, 1.82) is 0 Å². The Morgan fingerprint density at radius 2 is 1.62 bits per heavy atom. The number of benzene rings is 2. The number of amides is 1. The van der Waals surface area contributed by atoms with E-state index in [9.17, 15) is 13.2 Å². The quantitative estimate of drug-likeness (QED) is 0.630. The number of para-hydroxylation sites is 1. The van der Waals surface area contributed by atoms with Crippen LogP contribution in [0.2, 0.25) is 0 Å². The lowest BCUT2D eigenvalue weighted by Gasteiger charge is -2.14. The predicted octanol–water partition coefficient (Wildman–Crippen LogP) is 4.48. The average molecular weight is 428 g/mol. The Kier molecular flexibility index (Phi) is 5.69. The molecule has 0 saturated carbocycles. The van der Waals surface area contributed by atoms with E-state index in [1.54, 1.807) is 42.5 Å². The van der Waals surface area contributed by atoms with Gasteiger partial charge in [-0.05, 0) is 55.5 Å². The van der Waals surface area contributed by atoms with Gasteiger partial charge in [-0.15, -0.1) is 11.3 Å². The Hall–Kier alpha value is -2.64. The van der Waals surface area contributed by atoms with Gasteiger partial charge in [0.05, 0.1) is 4.90 Å². The number of thiophene rings is 1. The largest absolute Gasteiger partial charge is 0.484 e. The fourth-order valence-corrected chi connectivity index (χ4v) is 6.76. The first-order valence-electron chi connectivity index (χ1n) is 9.48. The third-order valence-corrected chi connectivity index (χ3v) is 8.03. The first-order chi connectivity index (χ1) is 14.1. The van der Waals surface area contributed by atoms with Gasteiger partial charge in [0.25, 0.3) is 5.91 Å². The minimum Gasteiger partial charge on any atom is -0.484 e. The zero-order chi connectivity index (χ0) is 20.3. The normalized spacial score (nSPS) is 13.5. The van der Waals surface area contributed by atoms with Crippen LogP contribution in [0, 0.1) is 0 Å². The summed E-state index contributed by atoms with van der Waals surface area (Å²) in [4.78, 5) is 14.0. The maximum absolute atomic E-state index is 13.4. The third kappa shape index (κ3) is 4.21. The van der Waals surface area contributed by atoms with Gasteiger partial charge in [-0.3, -0.25) is 4.79 Å². The molecule has 1 aliphatic carbocycles. The Bertz CT molecular complexity index is 1110. The molecule has 1 N–H and O–H groups in total. The molecule has 29 heavy (non-hydrogen) atoms. The number of carbonyl (C=O) groups is 1. The van der Waals surface area contributed by atoms with Crippen molar-refractivity contribution in [2.75, 3.05) is 11.9 Å². The van der Waals surface area contributed by atoms with E-state index in [0.717, 1.165) is 29.7 Å². The average Bonchev–Trinajstić information content (AvgIpc) is 3.12. The van der Waals surface area contributed by atoms with Crippen LogP contribution in [0.25, 0.3) is 0 Å². The smallest absolute Gasteiger partial charge is 0.262 e. The molecule has 1 aliphatic rings. The highest BCUT2D eigenvalue weighted by Crippen LogP contribution is 2.43. The van der Waals surface area contributed by atoms with Crippen molar-refractivity contribution >= 4 is 32.1 Å². The molecule has 1 aromatic heterocycles. The number of rotatable bonds is 6. The van der Waals surface area contributed by atoms with Crippen LogP contribution in [-0.2, 0) is 27.5 Å². The molecule has 2 aromatic carbocycles. The number of anilines is 1. The summed E-state index contributed by atoms with van der Waals surface area (Å²) < 4.78 is 32.2. The molecular weight excluding hydrogens is 406 g/mol. The first-order valence-corrected chi connectivity index (χ1v) is 11.8. The molecule has 4 rings (SSSR count). The van der Waals surface area contributed by atoms with Crippen molar-refractivity contribution < 1.29 is 17.9 Å². The van der Waals surface area contributed by atoms with Gasteiger partial charge >= 0.3 is 0 Å². The van der Waals surface area contributed by atoms with Crippen LogP contribution in [0.5, 0.6) is 5.75 Å². The highest BCUT2D eigenvalue weighted by molar-refractivity contribution is 7.92. The molecule has 0 fully saturated rings. The van der Waals surface area contributed by atoms with Crippen LogP contribution in [-0.4, -0.2) is 20.9 Å². The number of ether oxygens (including phenoxy) is 1. The van der Waals surface area contributed by atoms with Crippen molar-refractivity contribution in [3.05, 3.63) is 71.1 Å². The summed E-state index contributed by atoms with van der Waals surface area (Å²) in [7, 11) is -3.73. The number of carbonyl (C=O) groups excluding carboxylic acids is 1. The van der Waals surface area contributed by atoms with E-state index in [0.29, 0.717) is 17.2 Å². The maximum atomic E-state index is 13.4. The van der Waals surface area contributed by atoms with E-state index in [1.807, 2.05) is 18.2 Å². The molecule has 0 radical (unpaired) electrons. The zero-order valence-electron chi connectivity index (χ0n) is 15.8. The molecule has 150 valence electrons. The van der Waals surface area contributed by atoms with E-state index in [1.165, 1.54) is 11.3 Å². The van der Waals surface area contributed by atoms with Gasteiger partial charge in [-0.2, -0.15) is 0 Å². The maximum Gasteiger partial charge on any atom is 0.262 e. The topological polar surface area (TPSA) is 72.5 Å². The molecule has 0 unspecified atom stereocenters. The van der Waals surface area contributed by atoms with E-state index < -0.39 is 9.84 Å². The number of sulfone groups is 1. The Balaban J connectivity index is 1.63. The second-order valence-electron chi connectivity index (χ2n) is 6.84. The second kappa shape index (κ2) is 8.39. The van der Waals surface area contributed by atoms with Gasteiger partial charge in [-0.1, -0.05) is 36.4 Å². The highest BCUT2D eigenvalue weighted by Gasteiger charge is 2.31. The highest BCUT2D eigenvalue weighted by atomic mass is 32.2. The minimum atomic E-state index is -3.73. The Labute approximate surface area is 174 Å². The van der Waals surface area contributed by atoms with Crippen LogP contribution in [0.15, 0.2) is 70.5 Å². The fourth-order valence-electron chi connectivity index (χ4n) is 3.45. The van der Waals surface area contributed by atoms with E-state index >= 15 is 0 Å². The lowest BCUT2D eigenvalue weighted by Crippen LogP contribution is -2.21. The monoisotopic (exact) mass is 427 g/mol. The summed E-state index contributed by atoms with van der Waals surface area (Å²) in [6.45, 7) is -0.183. The van der Waals surface area contributed by atoms with Gasteiger partial charge in [-0.25, -0.2) is 8.42 Å². The van der Waals surface area contributed by atoms with Gasteiger partial charge in [0.2, 0.25) is 9.84 Å². The number of hydrogen-bond donors (Lipinski definition) is 1. The molecule has 1 amide bonds. The lowest BCUT2D eigenvalue weighted by atomic mass is 9.99. The van der Waals surface area contributed by atoms with Gasteiger partial charge < -0.3 is 10.1 Å². The SMILES string of the molecule is O=C(COc1ccccc1)Nc1sc2c(c1S(=O)(=O)c1ccccc1)CCCC2. The predicted molar refractivity (Wildman–Crippen MR) is 113 cm³/mol. The van der Waals surface area contributed by atoms with E-state index in [-0.39, 0.29) is 22.3 Å². The van der Waals surface area contributed by atoms with Gasteiger partial charge in [0.1, 0.15) is 15.6 Å². The molecule has 3 aromatic rings. The minimum absolute atomic E-state index is 0.183. The van der Waals surface area contributed by atoms with E-state index in [4.69, 9.17) is 4.74 Å². The summed E-state index contributed by atoms with van der Waals surface area (Å²) in [5.41, 5.74) is 0.851. The summed E-state index contributed by atoms with van der Waals surface area (Å²) in [5.74, 6) is 0.210. The van der Waals surface area contributed by atoms with Gasteiger partial charge in [0, 0.05) is 4.88 Å². The molecule has 0 saturated heterocycles. The summed E-state index contributed by atoms with van der Waals surface area (Å²) >= 11 is 1.37. The van der Waals surface area contributed by atoms with Crippen LogP contribution in [0.3, 0.4) is 0 Å². The third-order valence-electron chi connectivity index (χ3n) is 4.81. The van der Waals surface area contributed by atoms with Crippen LogP contribution >= 0.6 is 11.3 Å². The number of aryl methyl sites for hydroxylation is 1. The Morgan fingerprint density at radius 3 is 2.34 bits per heavy atom. The van der Waals surface area contributed by atoms with Gasteiger partial charge in [0.15, 0.2) is 6.61 Å². The Morgan fingerprint density at radius 1 is 0.966 bits per heavy atom. The molecule has 1 heterocycles.